The molecule has 0 heterocycles. The number of ether oxygens (including phenoxy) is 2. The van der Waals surface area contributed by atoms with Crippen LogP contribution >= 0.6 is 0 Å². The lowest BCUT2D eigenvalue weighted by molar-refractivity contribution is -0.0546. The Balaban J connectivity index is 1.44. The van der Waals surface area contributed by atoms with Crippen LogP contribution in [0.4, 0.5) is 22.0 Å². The van der Waals surface area contributed by atoms with Crippen LogP contribution in [0.15, 0.2) is 30.3 Å². The summed E-state index contributed by atoms with van der Waals surface area (Å²) in [4.78, 5) is 0. The maximum Gasteiger partial charge on any atom is 0.387 e. The summed E-state index contributed by atoms with van der Waals surface area (Å²) in [7, 11) is 0. The van der Waals surface area contributed by atoms with E-state index >= 15 is 0 Å². The van der Waals surface area contributed by atoms with Crippen LogP contribution in [0.1, 0.15) is 68.1 Å². The van der Waals surface area contributed by atoms with Gasteiger partial charge >= 0.3 is 6.61 Å². The molecule has 0 aliphatic heterocycles. The van der Waals surface area contributed by atoms with Crippen LogP contribution in [-0.4, -0.2) is 19.3 Å². The second-order valence-corrected chi connectivity index (χ2v) is 9.06. The van der Waals surface area contributed by atoms with E-state index in [2.05, 4.69) is 16.6 Å². The molecule has 2 saturated carbocycles. The normalized spacial score (nSPS) is 24.3. The molecule has 2 fully saturated rings. The highest BCUT2D eigenvalue weighted by Crippen LogP contribution is 2.46. The van der Waals surface area contributed by atoms with E-state index in [1.165, 1.54) is 6.07 Å². The Kier molecular flexibility index (Phi) is 7.77. The molecule has 0 N–H and O–H groups in total. The number of hydrogen-bond donors (Lipinski definition) is 0. The topological polar surface area (TPSA) is 18.5 Å². The fraction of sp³-hybridized carbons (Fsp3) is 0.481. The molecule has 182 valence electrons. The number of fused-ring (bicyclic) bond motifs is 1. The van der Waals surface area contributed by atoms with E-state index in [1.807, 2.05) is 13.0 Å². The minimum atomic E-state index is -3.35. The summed E-state index contributed by atoms with van der Waals surface area (Å²) in [5, 5.41) is 0. The third kappa shape index (κ3) is 5.72. The van der Waals surface area contributed by atoms with Gasteiger partial charge in [0.2, 0.25) is 0 Å². The lowest BCUT2D eigenvalue weighted by Gasteiger charge is -2.42. The van der Waals surface area contributed by atoms with E-state index in [9.17, 15) is 22.0 Å². The quantitative estimate of drug-likeness (QED) is 0.334. The molecule has 2 nitrogen and oxygen atoms in total. The monoisotopic (exact) mass is 478 g/mol. The largest absolute Gasteiger partial charge is 0.429 e. The molecule has 0 spiro atoms. The molecule has 2 aromatic carbocycles. The molecular weight excluding hydrogens is 451 g/mol. The Hall–Kier alpha value is -2.59. The Morgan fingerprint density at radius 1 is 0.882 bits per heavy atom. The molecule has 0 aromatic heterocycles. The molecule has 4 atom stereocenters. The first kappa shape index (κ1) is 24.5. The summed E-state index contributed by atoms with van der Waals surface area (Å²) < 4.78 is 76.7. The van der Waals surface area contributed by atoms with E-state index in [0.29, 0.717) is 23.9 Å². The summed E-state index contributed by atoms with van der Waals surface area (Å²) in [5.74, 6) is 2.41. The van der Waals surface area contributed by atoms with Crippen molar-refractivity contribution in [1.82, 2.24) is 0 Å². The molecule has 0 amide bonds. The summed E-state index contributed by atoms with van der Waals surface area (Å²) in [6, 6.07) is 6.50. The van der Waals surface area contributed by atoms with Crippen molar-refractivity contribution in [3.8, 4) is 17.6 Å². The number of rotatable bonds is 5. The van der Waals surface area contributed by atoms with Crippen LogP contribution in [0.3, 0.4) is 0 Å². The van der Waals surface area contributed by atoms with Crippen LogP contribution in [0, 0.1) is 41.1 Å². The predicted octanol–water partition coefficient (Wildman–Crippen LogP) is 7.19. The van der Waals surface area contributed by atoms with E-state index in [1.54, 1.807) is 6.07 Å². The third-order valence-electron chi connectivity index (χ3n) is 6.98. The standard InChI is InChI=1S/C27H27F5O2/c1-2-33-22-10-9-19-13-18(7-8-20(19)14-22)21-6-5-17(23(28)15-21)4-3-16-11-24(29)26(25(30)12-16)34-27(31)32/h5-6,11-12,15,18-20,22,27H,2,7-10,13-14H2,1H3. The van der Waals surface area contributed by atoms with Gasteiger partial charge in [-0.05, 0) is 93.0 Å². The highest BCUT2D eigenvalue weighted by atomic mass is 19.3. The van der Waals surface area contributed by atoms with Crippen molar-refractivity contribution in [2.75, 3.05) is 6.61 Å². The first-order valence-corrected chi connectivity index (χ1v) is 11.7. The average molecular weight is 479 g/mol. The molecule has 2 aliphatic rings. The molecule has 0 radical (unpaired) electrons. The molecular formula is C27H27F5O2. The molecule has 34 heavy (non-hydrogen) atoms. The maximum absolute atomic E-state index is 14.8. The van der Waals surface area contributed by atoms with Gasteiger partial charge in [-0.25, -0.2) is 13.2 Å². The molecule has 4 unspecified atom stereocenters. The molecule has 2 aliphatic carbocycles. The van der Waals surface area contributed by atoms with E-state index in [0.717, 1.165) is 62.8 Å². The number of benzene rings is 2. The van der Waals surface area contributed by atoms with Crippen molar-refractivity contribution in [3.05, 3.63) is 64.5 Å². The highest BCUT2D eigenvalue weighted by molar-refractivity contribution is 5.46. The third-order valence-corrected chi connectivity index (χ3v) is 6.98. The second-order valence-electron chi connectivity index (χ2n) is 9.06. The van der Waals surface area contributed by atoms with Gasteiger partial charge in [-0.1, -0.05) is 17.9 Å². The lowest BCUT2D eigenvalue weighted by Crippen LogP contribution is -2.33. The molecule has 0 saturated heterocycles. The fourth-order valence-corrected chi connectivity index (χ4v) is 5.40. The summed E-state index contributed by atoms with van der Waals surface area (Å²) in [6.45, 7) is -0.570. The van der Waals surface area contributed by atoms with Crippen molar-refractivity contribution in [2.24, 2.45) is 11.8 Å². The van der Waals surface area contributed by atoms with Crippen LogP contribution in [0.2, 0.25) is 0 Å². The van der Waals surface area contributed by atoms with E-state index < -0.39 is 29.8 Å². The molecule has 7 heteroatoms. The highest BCUT2D eigenvalue weighted by Gasteiger charge is 2.36. The summed E-state index contributed by atoms with van der Waals surface area (Å²) >= 11 is 0. The smallest absolute Gasteiger partial charge is 0.387 e. The second kappa shape index (κ2) is 10.8. The molecule has 0 bridgehead atoms. The zero-order chi connectivity index (χ0) is 24.2. The van der Waals surface area contributed by atoms with Crippen LogP contribution in [0.5, 0.6) is 5.75 Å². The van der Waals surface area contributed by atoms with Gasteiger partial charge in [-0.15, -0.1) is 0 Å². The van der Waals surface area contributed by atoms with Gasteiger partial charge in [0, 0.05) is 12.2 Å². The SMILES string of the molecule is CCOC1CCC2CC(c3ccc(C#Cc4cc(F)c(OC(F)F)c(F)c4)c(F)c3)CCC2C1. The zero-order valence-corrected chi connectivity index (χ0v) is 18.9. The summed E-state index contributed by atoms with van der Waals surface area (Å²) in [5.41, 5.74) is 0.934. The number of hydrogen-bond acceptors (Lipinski definition) is 2. The number of alkyl halides is 2. The van der Waals surface area contributed by atoms with Crippen molar-refractivity contribution in [1.29, 1.82) is 0 Å². The van der Waals surface area contributed by atoms with Crippen molar-refractivity contribution >= 4 is 0 Å². The van der Waals surface area contributed by atoms with Gasteiger partial charge in [-0.3, -0.25) is 0 Å². The van der Waals surface area contributed by atoms with Gasteiger partial charge in [0.05, 0.1) is 11.7 Å². The van der Waals surface area contributed by atoms with Crippen molar-refractivity contribution in [2.45, 2.75) is 64.1 Å². The Labute approximate surface area is 196 Å². The zero-order valence-electron chi connectivity index (χ0n) is 18.9. The minimum absolute atomic E-state index is 0.100. The molecule has 2 aromatic rings. The number of halogens is 5. The first-order valence-electron chi connectivity index (χ1n) is 11.7. The summed E-state index contributed by atoms with van der Waals surface area (Å²) in [6.07, 6.45) is 6.88. The van der Waals surface area contributed by atoms with E-state index in [-0.39, 0.29) is 11.1 Å². The first-order chi connectivity index (χ1) is 16.3. The Morgan fingerprint density at radius 3 is 2.26 bits per heavy atom. The van der Waals surface area contributed by atoms with Gasteiger partial charge < -0.3 is 9.47 Å². The van der Waals surface area contributed by atoms with Gasteiger partial charge in [0.25, 0.3) is 0 Å². The lowest BCUT2D eigenvalue weighted by atomic mass is 9.65. The Bertz CT molecular complexity index is 1050. The van der Waals surface area contributed by atoms with E-state index in [4.69, 9.17) is 4.74 Å². The fourth-order valence-electron chi connectivity index (χ4n) is 5.40. The maximum atomic E-state index is 14.8. The predicted molar refractivity (Wildman–Crippen MR) is 118 cm³/mol. The van der Waals surface area contributed by atoms with Crippen LogP contribution in [0.25, 0.3) is 0 Å². The van der Waals surface area contributed by atoms with Crippen LogP contribution < -0.4 is 4.74 Å². The average Bonchev–Trinajstić information content (AvgIpc) is 2.80. The van der Waals surface area contributed by atoms with Crippen LogP contribution in [-0.2, 0) is 4.74 Å². The van der Waals surface area contributed by atoms with Gasteiger partial charge in [0.15, 0.2) is 17.4 Å². The molecule has 4 rings (SSSR count). The van der Waals surface area contributed by atoms with Gasteiger partial charge in [0.1, 0.15) is 5.82 Å². The van der Waals surface area contributed by atoms with Gasteiger partial charge in [-0.2, -0.15) is 8.78 Å². The Morgan fingerprint density at radius 2 is 1.59 bits per heavy atom. The minimum Gasteiger partial charge on any atom is -0.429 e. The van der Waals surface area contributed by atoms with Crippen molar-refractivity contribution < 1.29 is 31.4 Å². The van der Waals surface area contributed by atoms with Crippen molar-refractivity contribution in [3.63, 3.8) is 0 Å².